The van der Waals surface area contributed by atoms with E-state index in [0.717, 1.165) is 38.3 Å². The van der Waals surface area contributed by atoms with E-state index in [2.05, 4.69) is 41.5 Å². The largest absolute Gasteiger partial charge is 0.489 e. The molecular formula is C23H29N3O2. The third-order valence-corrected chi connectivity index (χ3v) is 5.72. The maximum Gasteiger partial charge on any atom is 0.236 e. The molecule has 0 bridgehead atoms. The van der Waals surface area contributed by atoms with Crippen LogP contribution >= 0.6 is 0 Å². The van der Waals surface area contributed by atoms with Crippen LogP contribution in [0.5, 0.6) is 5.75 Å². The molecule has 0 radical (unpaired) electrons. The Kier molecular flexibility index (Phi) is 5.93. The van der Waals surface area contributed by atoms with Crippen molar-refractivity contribution in [2.75, 3.05) is 39.8 Å². The van der Waals surface area contributed by atoms with Gasteiger partial charge in [-0.25, -0.2) is 0 Å². The second kappa shape index (κ2) is 8.76. The Morgan fingerprint density at radius 1 is 1.04 bits per heavy atom. The molecule has 2 fully saturated rings. The fourth-order valence-corrected chi connectivity index (χ4v) is 3.73. The minimum Gasteiger partial charge on any atom is -0.489 e. The second-order valence-electron chi connectivity index (χ2n) is 7.86. The van der Waals surface area contributed by atoms with Crippen molar-refractivity contribution in [3.8, 4) is 5.75 Å². The van der Waals surface area contributed by atoms with Gasteiger partial charge in [0.25, 0.3) is 0 Å². The summed E-state index contributed by atoms with van der Waals surface area (Å²) in [5.41, 5.74) is 2.49. The van der Waals surface area contributed by atoms with E-state index in [1.54, 1.807) is 0 Å². The van der Waals surface area contributed by atoms with Gasteiger partial charge in [-0.1, -0.05) is 42.5 Å². The summed E-state index contributed by atoms with van der Waals surface area (Å²) in [5, 5.41) is 3.44. The average Bonchev–Trinajstić information content (AvgIpc) is 3.52. The highest BCUT2D eigenvalue weighted by Crippen LogP contribution is 2.41. The first-order valence-corrected chi connectivity index (χ1v) is 10.2. The van der Waals surface area contributed by atoms with Crippen molar-refractivity contribution < 1.29 is 9.53 Å². The molecule has 1 saturated carbocycles. The summed E-state index contributed by atoms with van der Waals surface area (Å²) in [6.45, 7) is 4.66. The van der Waals surface area contributed by atoms with Crippen LogP contribution in [-0.2, 0) is 11.4 Å². The number of rotatable bonds is 7. The number of likely N-dealkylation sites (N-methyl/N-ethyl adjacent to an activating group) is 1. The molecule has 0 aromatic heterocycles. The van der Waals surface area contributed by atoms with E-state index < -0.39 is 0 Å². The number of ether oxygens (including phenoxy) is 1. The van der Waals surface area contributed by atoms with Gasteiger partial charge in [-0.05, 0) is 36.7 Å². The normalized spacial score (nSPS) is 22.1. The molecule has 5 heteroatoms. The van der Waals surface area contributed by atoms with Crippen LogP contribution in [0.1, 0.15) is 23.5 Å². The Hall–Kier alpha value is -2.37. The SMILES string of the molecule is CN1CCN(C(=O)CNC2CC2c2ccc(OCc3ccccc3)cc2)CC1. The van der Waals surface area contributed by atoms with Gasteiger partial charge in [-0.15, -0.1) is 0 Å². The number of hydrogen-bond acceptors (Lipinski definition) is 4. The highest BCUT2D eigenvalue weighted by Gasteiger charge is 2.38. The Bertz CT molecular complexity index is 770. The van der Waals surface area contributed by atoms with E-state index in [1.807, 2.05) is 35.2 Å². The predicted molar refractivity (Wildman–Crippen MR) is 110 cm³/mol. The maximum atomic E-state index is 12.3. The molecule has 148 valence electrons. The van der Waals surface area contributed by atoms with Crippen LogP contribution in [-0.4, -0.2) is 61.5 Å². The van der Waals surface area contributed by atoms with Crippen molar-refractivity contribution in [3.05, 3.63) is 65.7 Å². The van der Waals surface area contributed by atoms with Crippen molar-refractivity contribution in [3.63, 3.8) is 0 Å². The lowest BCUT2D eigenvalue weighted by molar-refractivity contribution is -0.131. The van der Waals surface area contributed by atoms with Crippen molar-refractivity contribution in [1.82, 2.24) is 15.1 Å². The fourth-order valence-electron chi connectivity index (χ4n) is 3.73. The number of benzene rings is 2. The molecule has 1 N–H and O–H groups in total. The number of piperazine rings is 1. The molecule has 2 atom stereocenters. The zero-order chi connectivity index (χ0) is 19.3. The number of carbonyl (C=O) groups excluding carboxylic acids is 1. The molecule has 1 heterocycles. The van der Waals surface area contributed by atoms with Crippen molar-refractivity contribution >= 4 is 5.91 Å². The van der Waals surface area contributed by atoms with Gasteiger partial charge in [-0.3, -0.25) is 4.79 Å². The van der Waals surface area contributed by atoms with Gasteiger partial charge in [0.15, 0.2) is 0 Å². The highest BCUT2D eigenvalue weighted by molar-refractivity contribution is 5.78. The maximum absolute atomic E-state index is 12.3. The van der Waals surface area contributed by atoms with Crippen LogP contribution < -0.4 is 10.1 Å². The molecule has 5 nitrogen and oxygen atoms in total. The zero-order valence-corrected chi connectivity index (χ0v) is 16.5. The lowest BCUT2D eigenvalue weighted by atomic mass is 10.1. The smallest absolute Gasteiger partial charge is 0.236 e. The fraction of sp³-hybridized carbons (Fsp3) is 0.435. The van der Waals surface area contributed by atoms with Crippen LogP contribution in [0.15, 0.2) is 54.6 Å². The predicted octanol–water partition coefficient (Wildman–Crippen LogP) is 2.49. The molecule has 28 heavy (non-hydrogen) atoms. The Morgan fingerprint density at radius 2 is 1.75 bits per heavy atom. The molecule has 2 aromatic carbocycles. The van der Waals surface area contributed by atoms with Gasteiger partial charge in [-0.2, -0.15) is 0 Å². The van der Waals surface area contributed by atoms with E-state index in [1.165, 1.54) is 11.1 Å². The molecule has 2 aromatic rings. The average molecular weight is 380 g/mol. The van der Waals surface area contributed by atoms with Crippen LogP contribution in [0.4, 0.5) is 0 Å². The topological polar surface area (TPSA) is 44.8 Å². The number of hydrogen-bond donors (Lipinski definition) is 1. The third-order valence-electron chi connectivity index (χ3n) is 5.72. The first-order valence-electron chi connectivity index (χ1n) is 10.2. The summed E-state index contributed by atoms with van der Waals surface area (Å²) >= 11 is 0. The molecule has 1 aliphatic heterocycles. The van der Waals surface area contributed by atoms with Gasteiger partial charge >= 0.3 is 0 Å². The quantitative estimate of drug-likeness (QED) is 0.803. The Labute approximate surface area is 167 Å². The van der Waals surface area contributed by atoms with Crippen LogP contribution in [0, 0.1) is 0 Å². The van der Waals surface area contributed by atoms with Crippen molar-refractivity contribution in [1.29, 1.82) is 0 Å². The van der Waals surface area contributed by atoms with Crippen LogP contribution in [0.25, 0.3) is 0 Å². The minimum atomic E-state index is 0.225. The molecule has 2 unspecified atom stereocenters. The molecular weight excluding hydrogens is 350 g/mol. The standard InChI is InChI=1S/C23H29N3O2/c1-25-11-13-26(14-12-25)23(27)16-24-22-15-21(22)19-7-9-20(10-8-19)28-17-18-5-3-2-4-6-18/h2-10,21-22,24H,11-17H2,1H3. The minimum absolute atomic E-state index is 0.225. The lowest BCUT2D eigenvalue weighted by Crippen LogP contribution is -2.49. The third kappa shape index (κ3) is 4.91. The number of carbonyl (C=O) groups is 1. The van der Waals surface area contributed by atoms with Crippen molar-refractivity contribution in [2.24, 2.45) is 0 Å². The highest BCUT2D eigenvalue weighted by atomic mass is 16.5. The number of nitrogens with zero attached hydrogens (tertiary/aromatic N) is 2. The van der Waals surface area contributed by atoms with Gasteiger partial charge in [0.05, 0.1) is 6.54 Å². The lowest BCUT2D eigenvalue weighted by Gasteiger charge is -2.32. The van der Waals surface area contributed by atoms with Crippen molar-refractivity contribution in [2.45, 2.75) is 25.0 Å². The summed E-state index contributed by atoms with van der Waals surface area (Å²) in [6, 6.07) is 19.0. The molecule has 1 saturated heterocycles. The van der Waals surface area contributed by atoms with Crippen LogP contribution in [0.3, 0.4) is 0 Å². The number of nitrogens with one attached hydrogen (secondary N) is 1. The zero-order valence-electron chi connectivity index (χ0n) is 16.5. The van der Waals surface area contributed by atoms with Gasteiger partial charge in [0, 0.05) is 38.1 Å². The molecule has 1 amide bonds. The first kappa shape index (κ1) is 19.0. The van der Waals surface area contributed by atoms with Crippen LogP contribution in [0.2, 0.25) is 0 Å². The molecule has 0 spiro atoms. The summed E-state index contributed by atoms with van der Waals surface area (Å²) in [5.74, 6) is 1.62. The van der Waals surface area contributed by atoms with Gasteiger partial charge in [0.2, 0.25) is 5.91 Å². The Morgan fingerprint density at radius 3 is 2.46 bits per heavy atom. The van der Waals surface area contributed by atoms with E-state index in [4.69, 9.17) is 4.74 Å². The van der Waals surface area contributed by atoms with Gasteiger partial charge < -0.3 is 19.9 Å². The number of amides is 1. The monoisotopic (exact) mass is 379 g/mol. The van der Waals surface area contributed by atoms with E-state index in [9.17, 15) is 4.79 Å². The molecule has 2 aliphatic rings. The van der Waals surface area contributed by atoms with Gasteiger partial charge in [0.1, 0.15) is 12.4 Å². The van der Waals surface area contributed by atoms with E-state index >= 15 is 0 Å². The summed E-state index contributed by atoms with van der Waals surface area (Å²) in [6.07, 6.45) is 1.10. The summed E-state index contributed by atoms with van der Waals surface area (Å²) < 4.78 is 5.86. The molecule has 4 rings (SSSR count). The van der Waals surface area contributed by atoms with E-state index in [0.29, 0.717) is 25.1 Å². The summed E-state index contributed by atoms with van der Waals surface area (Å²) in [7, 11) is 2.10. The first-order chi connectivity index (χ1) is 13.7. The second-order valence-corrected chi connectivity index (χ2v) is 7.86. The van der Waals surface area contributed by atoms with E-state index in [-0.39, 0.29) is 5.91 Å². The summed E-state index contributed by atoms with van der Waals surface area (Å²) in [4.78, 5) is 16.6. The molecule has 1 aliphatic carbocycles. The Balaban J connectivity index is 1.20.